The Balaban J connectivity index is 1.72. The van der Waals surface area contributed by atoms with Crippen molar-refractivity contribution in [3.8, 4) is 29.4 Å². The summed E-state index contributed by atoms with van der Waals surface area (Å²) < 4.78 is 5.57. The minimum absolute atomic E-state index is 0.584. The Labute approximate surface area is 160 Å². The molecule has 1 aliphatic carbocycles. The number of ether oxygens (including phenoxy) is 1. The molecule has 0 heterocycles. The highest BCUT2D eigenvalue weighted by atomic mass is 16.5. The van der Waals surface area contributed by atoms with Crippen LogP contribution in [-0.4, -0.2) is 6.61 Å². The first kappa shape index (κ1) is 20.2. The van der Waals surface area contributed by atoms with E-state index >= 15 is 0 Å². The van der Waals surface area contributed by atoms with Gasteiger partial charge in [-0.25, -0.2) is 0 Å². The summed E-state index contributed by atoms with van der Waals surface area (Å²) in [5, 5.41) is 0. The van der Waals surface area contributed by atoms with Crippen molar-refractivity contribution in [2.24, 2.45) is 11.8 Å². The third kappa shape index (κ3) is 7.84. The zero-order valence-corrected chi connectivity index (χ0v) is 16.4. The second kappa shape index (κ2) is 12.3. The molecule has 138 valence electrons. The Morgan fingerprint density at radius 3 is 2.38 bits per heavy atom. The van der Waals surface area contributed by atoms with E-state index in [0.717, 1.165) is 30.3 Å². The van der Waals surface area contributed by atoms with E-state index in [4.69, 9.17) is 4.74 Å². The molecular weight excluding hydrogens is 316 g/mol. The molecule has 1 saturated carbocycles. The fourth-order valence-electron chi connectivity index (χ4n) is 3.32. The van der Waals surface area contributed by atoms with Crippen molar-refractivity contribution in [3.05, 3.63) is 42.0 Å². The lowest BCUT2D eigenvalue weighted by Crippen LogP contribution is -2.13. The van der Waals surface area contributed by atoms with Crippen molar-refractivity contribution in [3.63, 3.8) is 0 Å². The predicted molar refractivity (Wildman–Crippen MR) is 111 cm³/mol. The summed E-state index contributed by atoms with van der Waals surface area (Å²) in [7, 11) is 0. The van der Waals surface area contributed by atoms with Crippen LogP contribution < -0.4 is 4.74 Å². The van der Waals surface area contributed by atoms with Crippen molar-refractivity contribution >= 4 is 0 Å². The zero-order valence-electron chi connectivity index (χ0n) is 16.4. The molecule has 0 radical (unpaired) electrons. The summed E-state index contributed by atoms with van der Waals surface area (Å²) >= 11 is 0. The molecule has 0 saturated heterocycles. The lowest BCUT2D eigenvalue weighted by Gasteiger charge is -2.25. The first-order valence-electron chi connectivity index (χ1n) is 10.2. The number of unbranched alkanes of at least 4 members (excludes halogenated alkanes) is 1. The highest BCUT2D eigenvalue weighted by Gasteiger charge is 2.18. The van der Waals surface area contributed by atoms with Gasteiger partial charge in [-0.05, 0) is 74.4 Å². The molecule has 1 heteroatoms. The predicted octanol–water partition coefficient (Wildman–Crippen LogP) is 6.38. The molecule has 1 aliphatic rings. The molecule has 0 aliphatic heterocycles. The van der Waals surface area contributed by atoms with Crippen molar-refractivity contribution in [1.29, 1.82) is 0 Å². The van der Waals surface area contributed by atoms with Gasteiger partial charge in [-0.1, -0.05) is 56.8 Å². The number of hydrogen-bond donors (Lipinski definition) is 0. The molecule has 0 amide bonds. The van der Waals surface area contributed by atoms with Crippen molar-refractivity contribution in [2.75, 3.05) is 6.61 Å². The van der Waals surface area contributed by atoms with Crippen LogP contribution in [0.3, 0.4) is 0 Å². The minimum Gasteiger partial charge on any atom is -0.494 e. The van der Waals surface area contributed by atoms with E-state index in [1.165, 1.54) is 44.9 Å². The van der Waals surface area contributed by atoms with E-state index in [-0.39, 0.29) is 0 Å². The Bertz CT molecular complexity index is 652. The zero-order chi connectivity index (χ0) is 18.5. The summed E-state index contributed by atoms with van der Waals surface area (Å²) in [4.78, 5) is 0. The van der Waals surface area contributed by atoms with Crippen LogP contribution in [0, 0.1) is 35.5 Å². The SMILES string of the molecule is CCCCC1CCC(C#C/C=C/C#Cc2ccc(OCCC)cc2)CC1. The average molecular weight is 349 g/mol. The van der Waals surface area contributed by atoms with Gasteiger partial charge in [0.05, 0.1) is 6.61 Å². The maximum atomic E-state index is 5.57. The van der Waals surface area contributed by atoms with Crippen LogP contribution in [0.1, 0.15) is 70.8 Å². The normalized spacial score (nSPS) is 19.3. The molecule has 1 fully saturated rings. The molecule has 1 aromatic rings. The minimum atomic E-state index is 0.584. The quantitative estimate of drug-likeness (QED) is 0.542. The van der Waals surface area contributed by atoms with Crippen molar-refractivity contribution < 1.29 is 4.74 Å². The molecule has 0 aromatic heterocycles. The Morgan fingerprint density at radius 1 is 0.962 bits per heavy atom. The largest absolute Gasteiger partial charge is 0.494 e. The van der Waals surface area contributed by atoms with Crippen LogP contribution in [0.25, 0.3) is 0 Å². The van der Waals surface area contributed by atoms with E-state index in [1.807, 2.05) is 36.4 Å². The first-order valence-corrected chi connectivity index (χ1v) is 10.2. The summed E-state index contributed by atoms with van der Waals surface area (Å²) in [6, 6.07) is 7.93. The molecule has 0 atom stereocenters. The topological polar surface area (TPSA) is 9.23 Å². The Hall–Kier alpha value is -2.12. The summed E-state index contributed by atoms with van der Waals surface area (Å²) in [5.74, 6) is 15.2. The fraction of sp³-hybridized carbons (Fsp3) is 0.520. The van der Waals surface area contributed by atoms with Crippen LogP contribution in [-0.2, 0) is 0 Å². The number of benzene rings is 1. The standard InChI is InChI=1S/C25H32O/c1-3-5-10-22-13-15-23(16-14-22)11-8-6-7-9-12-24-17-19-25(20-18-24)26-21-4-2/h6-7,17-20,22-23H,3-5,10,13-16,21H2,1-2H3/b7-6+. The van der Waals surface area contributed by atoms with Gasteiger partial charge in [0, 0.05) is 11.5 Å². The molecule has 0 bridgehead atoms. The van der Waals surface area contributed by atoms with E-state index in [1.54, 1.807) is 0 Å². The molecule has 0 unspecified atom stereocenters. The average Bonchev–Trinajstić information content (AvgIpc) is 2.69. The van der Waals surface area contributed by atoms with Gasteiger partial charge < -0.3 is 4.74 Å². The monoisotopic (exact) mass is 348 g/mol. The van der Waals surface area contributed by atoms with Gasteiger partial charge in [-0.15, -0.1) is 0 Å². The second-order valence-electron chi connectivity index (χ2n) is 7.12. The fourth-order valence-corrected chi connectivity index (χ4v) is 3.32. The van der Waals surface area contributed by atoms with Crippen LogP contribution in [0.5, 0.6) is 5.75 Å². The maximum absolute atomic E-state index is 5.57. The van der Waals surface area contributed by atoms with E-state index in [0.29, 0.717) is 5.92 Å². The van der Waals surface area contributed by atoms with Gasteiger partial charge in [-0.3, -0.25) is 0 Å². The summed E-state index contributed by atoms with van der Waals surface area (Å²) in [6.07, 6.45) is 14.1. The Kier molecular flexibility index (Phi) is 9.53. The molecular formula is C25H32O. The van der Waals surface area contributed by atoms with Gasteiger partial charge in [0.15, 0.2) is 0 Å². The van der Waals surface area contributed by atoms with E-state index in [2.05, 4.69) is 37.5 Å². The second-order valence-corrected chi connectivity index (χ2v) is 7.12. The summed E-state index contributed by atoms with van der Waals surface area (Å²) in [5.41, 5.74) is 0.997. The molecule has 0 spiro atoms. The highest BCUT2D eigenvalue weighted by Crippen LogP contribution is 2.31. The number of hydrogen-bond acceptors (Lipinski definition) is 1. The van der Waals surface area contributed by atoms with Gasteiger partial charge >= 0.3 is 0 Å². The first-order chi connectivity index (χ1) is 12.8. The van der Waals surface area contributed by atoms with Crippen LogP contribution in [0.15, 0.2) is 36.4 Å². The van der Waals surface area contributed by atoms with Crippen molar-refractivity contribution in [1.82, 2.24) is 0 Å². The van der Waals surface area contributed by atoms with Crippen molar-refractivity contribution in [2.45, 2.75) is 65.2 Å². The van der Waals surface area contributed by atoms with E-state index in [9.17, 15) is 0 Å². The van der Waals surface area contributed by atoms with Crippen LogP contribution in [0.2, 0.25) is 0 Å². The van der Waals surface area contributed by atoms with Gasteiger partial charge in [0.2, 0.25) is 0 Å². The third-order valence-electron chi connectivity index (χ3n) is 4.89. The van der Waals surface area contributed by atoms with Crippen LogP contribution in [0.4, 0.5) is 0 Å². The number of allylic oxidation sites excluding steroid dienone is 2. The van der Waals surface area contributed by atoms with Gasteiger partial charge in [0.1, 0.15) is 5.75 Å². The molecule has 2 rings (SSSR count). The van der Waals surface area contributed by atoms with Crippen LogP contribution >= 0.6 is 0 Å². The summed E-state index contributed by atoms with van der Waals surface area (Å²) in [6.45, 7) is 5.14. The highest BCUT2D eigenvalue weighted by molar-refractivity contribution is 5.40. The number of rotatable bonds is 6. The smallest absolute Gasteiger partial charge is 0.119 e. The molecule has 0 N–H and O–H groups in total. The molecule has 26 heavy (non-hydrogen) atoms. The lowest BCUT2D eigenvalue weighted by atomic mass is 9.80. The van der Waals surface area contributed by atoms with Gasteiger partial charge in [-0.2, -0.15) is 0 Å². The lowest BCUT2D eigenvalue weighted by molar-refractivity contribution is 0.296. The van der Waals surface area contributed by atoms with Gasteiger partial charge in [0.25, 0.3) is 0 Å². The Morgan fingerprint density at radius 2 is 1.69 bits per heavy atom. The van der Waals surface area contributed by atoms with E-state index < -0.39 is 0 Å². The molecule has 1 aromatic carbocycles. The maximum Gasteiger partial charge on any atom is 0.119 e. The third-order valence-corrected chi connectivity index (χ3v) is 4.89. The molecule has 1 nitrogen and oxygen atoms in total.